The third-order valence-electron chi connectivity index (χ3n) is 3.15. The Morgan fingerprint density at radius 3 is 2.64 bits per heavy atom. The van der Waals surface area contributed by atoms with Crippen LogP contribution in [0.4, 0.5) is 4.39 Å². The highest BCUT2D eigenvalue weighted by Crippen LogP contribution is 2.41. The van der Waals surface area contributed by atoms with E-state index in [4.69, 9.17) is 0 Å². The van der Waals surface area contributed by atoms with Gasteiger partial charge in [-0.25, -0.2) is 4.39 Å². The molecule has 3 heteroatoms. The Labute approximate surface area is 82.8 Å². The first kappa shape index (κ1) is 9.59. The van der Waals surface area contributed by atoms with Crippen LogP contribution < -0.4 is 0 Å². The van der Waals surface area contributed by atoms with E-state index in [1.807, 2.05) is 0 Å². The zero-order chi connectivity index (χ0) is 10.2. The van der Waals surface area contributed by atoms with Crippen molar-refractivity contribution >= 4 is 0 Å². The summed E-state index contributed by atoms with van der Waals surface area (Å²) in [7, 11) is 0. The fourth-order valence-electron chi connectivity index (χ4n) is 1.85. The topological polar surface area (TPSA) is 33.1 Å². The molecule has 0 saturated heterocycles. The first-order valence-corrected chi connectivity index (χ1v) is 4.95. The molecule has 1 unspecified atom stereocenters. The monoisotopic (exact) mass is 195 g/mol. The van der Waals surface area contributed by atoms with Crippen molar-refractivity contribution in [1.82, 2.24) is 4.98 Å². The maximum absolute atomic E-state index is 12.6. The first-order valence-electron chi connectivity index (χ1n) is 4.95. The number of aliphatic hydroxyl groups is 1. The quantitative estimate of drug-likeness (QED) is 0.785. The van der Waals surface area contributed by atoms with Crippen LogP contribution in [0.2, 0.25) is 0 Å². The molecule has 0 spiro atoms. The van der Waals surface area contributed by atoms with Gasteiger partial charge in [0.1, 0.15) is 11.4 Å². The van der Waals surface area contributed by atoms with E-state index in [0.29, 0.717) is 5.69 Å². The maximum Gasteiger partial charge on any atom is 0.141 e. The number of aromatic nitrogens is 1. The minimum Gasteiger partial charge on any atom is -0.384 e. The third-order valence-corrected chi connectivity index (χ3v) is 3.15. The van der Waals surface area contributed by atoms with Crippen LogP contribution in [0, 0.1) is 11.7 Å². The summed E-state index contributed by atoms with van der Waals surface area (Å²) in [5.41, 5.74) is -0.324. The van der Waals surface area contributed by atoms with Crippen LogP contribution in [-0.4, -0.2) is 10.1 Å². The fraction of sp³-hybridized carbons (Fsp3) is 0.545. The van der Waals surface area contributed by atoms with Crippen molar-refractivity contribution in [2.75, 3.05) is 0 Å². The molecule has 0 bridgehead atoms. The molecule has 0 amide bonds. The van der Waals surface area contributed by atoms with Crippen molar-refractivity contribution in [3.8, 4) is 0 Å². The molecule has 1 aromatic heterocycles. The predicted molar refractivity (Wildman–Crippen MR) is 51.1 cm³/mol. The summed E-state index contributed by atoms with van der Waals surface area (Å²) in [5, 5.41) is 10.2. The van der Waals surface area contributed by atoms with E-state index in [2.05, 4.69) is 4.98 Å². The van der Waals surface area contributed by atoms with E-state index < -0.39 is 5.60 Å². The third kappa shape index (κ3) is 1.52. The van der Waals surface area contributed by atoms with E-state index in [0.717, 1.165) is 19.0 Å². The summed E-state index contributed by atoms with van der Waals surface area (Å²) in [4.78, 5) is 3.93. The zero-order valence-electron chi connectivity index (χ0n) is 8.20. The average Bonchev–Trinajstić information content (AvgIpc) is 2.00. The summed E-state index contributed by atoms with van der Waals surface area (Å²) in [6.45, 7) is 1.76. The van der Waals surface area contributed by atoms with Gasteiger partial charge in [-0.2, -0.15) is 0 Å². The zero-order valence-corrected chi connectivity index (χ0v) is 8.20. The van der Waals surface area contributed by atoms with Crippen LogP contribution in [0.25, 0.3) is 0 Å². The molecule has 1 N–H and O–H groups in total. The van der Waals surface area contributed by atoms with E-state index >= 15 is 0 Å². The number of hydrogen-bond acceptors (Lipinski definition) is 2. The smallest absolute Gasteiger partial charge is 0.141 e. The molecule has 14 heavy (non-hydrogen) atoms. The molecule has 1 atom stereocenters. The molecule has 0 radical (unpaired) electrons. The molecule has 1 saturated carbocycles. The van der Waals surface area contributed by atoms with Gasteiger partial charge >= 0.3 is 0 Å². The van der Waals surface area contributed by atoms with Gasteiger partial charge in [0.2, 0.25) is 0 Å². The minimum absolute atomic E-state index is 0.278. The second kappa shape index (κ2) is 3.31. The second-order valence-corrected chi connectivity index (χ2v) is 4.14. The molecule has 0 aromatic carbocycles. The van der Waals surface area contributed by atoms with Gasteiger partial charge in [-0.05, 0) is 37.8 Å². The van der Waals surface area contributed by atoms with Crippen molar-refractivity contribution in [2.45, 2.75) is 31.8 Å². The SMILES string of the molecule is CC(O)(c1ccc(F)cn1)C1CCC1. The van der Waals surface area contributed by atoms with Crippen molar-refractivity contribution in [2.24, 2.45) is 5.92 Å². The Kier molecular flexibility index (Phi) is 2.27. The molecule has 1 aliphatic rings. The van der Waals surface area contributed by atoms with Crippen LogP contribution in [0.15, 0.2) is 18.3 Å². The predicted octanol–water partition coefficient (Wildman–Crippen LogP) is 2.23. The summed E-state index contributed by atoms with van der Waals surface area (Å²) >= 11 is 0. The summed E-state index contributed by atoms with van der Waals surface area (Å²) < 4.78 is 12.6. The summed E-state index contributed by atoms with van der Waals surface area (Å²) in [6, 6.07) is 2.91. The highest BCUT2D eigenvalue weighted by atomic mass is 19.1. The molecular formula is C11H14FNO. The molecule has 2 nitrogen and oxygen atoms in total. The lowest BCUT2D eigenvalue weighted by Gasteiger charge is -2.38. The van der Waals surface area contributed by atoms with Gasteiger partial charge in [-0.1, -0.05) is 6.42 Å². The van der Waals surface area contributed by atoms with Gasteiger partial charge in [0, 0.05) is 0 Å². The van der Waals surface area contributed by atoms with Crippen molar-refractivity contribution < 1.29 is 9.50 Å². The van der Waals surface area contributed by atoms with E-state index in [-0.39, 0.29) is 11.7 Å². The van der Waals surface area contributed by atoms with Gasteiger partial charge in [0.05, 0.1) is 11.9 Å². The number of halogens is 1. The Morgan fingerprint density at radius 2 is 2.21 bits per heavy atom. The number of nitrogens with zero attached hydrogens (tertiary/aromatic N) is 1. The lowest BCUT2D eigenvalue weighted by atomic mass is 9.72. The van der Waals surface area contributed by atoms with Gasteiger partial charge in [-0.3, -0.25) is 4.98 Å². The van der Waals surface area contributed by atoms with Crippen LogP contribution in [0.5, 0.6) is 0 Å². The van der Waals surface area contributed by atoms with E-state index in [1.165, 1.54) is 12.5 Å². The molecule has 1 heterocycles. The Balaban J connectivity index is 2.23. The van der Waals surface area contributed by atoms with Gasteiger partial charge < -0.3 is 5.11 Å². The van der Waals surface area contributed by atoms with E-state index in [9.17, 15) is 9.50 Å². The normalized spacial score (nSPS) is 21.4. The Morgan fingerprint density at radius 1 is 1.50 bits per heavy atom. The Hall–Kier alpha value is -0.960. The highest BCUT2D eigenvalue weighted by Gasteiger charge is 2.38. The molecule has 1 aromatic rings. The van der Waals surface area contributed by atoms with Gasteiger partial charge in [0.15, 0.2) is 0 Å². The molecule has 1 fully saturated rings. The molecule has 1 aliphatic carbocycles. The molecular weight excluding hydrogens is 181 g/mol. The molecule has 76 valence electrons. The fourth-order valence-corrected chi connectivity index (χ4v) is 1.85. The summed E-state index contributed by atoms with van der Waals surface area (Å²) in [6.07, 6.45) is 4.39. The molecule has 0 aliphatic heterocycles. The highest BCUT2D eigenvalue weighted by molar-refractivity contribution is 5.15. The minimum atomic E-state index is -0.897. The number of pyridine rings is 1. The van der Waals surface area contributed by atoms with Crippen LogP contribution in [0.1, 0.15) is 31.9 Å². The standard InChI is InChI=1S/C11H14FNO/c1-11(14,8-3-2-4-8)10-6-5-9(12)7-13-10/h5-8,14H,2-4H2,1H3. The van der Waals surface area contributed by atoms with Crippen molar-refractivity contribution in [1.29, 1.82) is 0 Å². The largest absolute Gasteiger partial charge is 0.384 e. The maximum atomic E-state index is 12.6. The first-order chi connectivity index (χ1) is 6.60. The molecule has 2 rings (SSSR count). The average molecular weight is 195 g/mol. The Bertz CT molecular complexity index is 317. The number of hydrogen-bond donors (Lipinski definition) is 1. The number of rotatable bonds is 2. The van der Waals surface area contributed by atoms with Crippen molar-refractivity contribution in [3.63, 3.8) is 0 Å². The second-order valence-electron chi connectivity index (χ2n) is 4.14. The van der Waals surface area contributed by atoms with Crippen LogP contribution in [0.3, 0.4) is 0 Å². The lowest BCUT2D eigenvalue weighted by Crippen LogP contribution is -2.36. The summed E-state index contributed by atoms with van der Waals surface area (Å²) in [5.74, 6) is -0.0846. The van der Waals surface area contributed by atoms with Gasteiger partial charge in [0.25, 0.3) is 0 Å². The van der Waals surface area contributed by atoms with Crippen LogP contribution in [-0.2, 0) is 5.60 Å². The van der Waals surface area contributed by atoms with Crippen molar-refractivity contribution in [3.05, 3.63) is 29.8 Å². The van der Waals surface area contributed by atoms with Crippen LogP contribution >= 0.6 is 0 Å². The van der Waals surface area contributed by atoms with E-state index in [1.54, 1.807) is 13.0 Å². The lowest BCUT2D eigenvalue weighted by molar-refractivity contribution is -0.0434. The van der Waals surface area contributed by atoms with Gasteiger partial charge in [-0.15, -0.1) is 0 Å².